The van der Waals surface area contributed by atoms with Crippen LogP contribution in [-0.2, 0) is 4.79 Å². The Morgan fingerprint density at radius 1 is 1.16 bits per heavy atom. The van der Waals surface area contributed by atoms with Gasteiger partial charge in [-0.3, -0.25) is 9.59 Å². The summed E-state index contributed by atoms with van der Waals surface area (Å²) in [6.45, 7) is 8.69. The number of anilines is 1. The number of piperidine rings is 2. The minimum Gasteiger partial charge on any atom is -0.389 e. The van der Waals surface area contributed by atoms with Crippen LogP contribution in [0.1, 0.15) is 67.8 Å². The number of hydrogen-bond acceptors (Lipinski definition) is 5. The maximum absolute atomic E-state index is 12.8. The number of primary amides is 1. The number of benzene rings is 2. The van der Waals surface area contributed by atoms with Gasteiger partial charge in [-0.15, -0.1) is 0 Å². The van der Waals surface area contributed by atoms with E-state index >= 15 is 0 Å². The van der Waals surface area contributed by atoms with Crippen LogP contribution in [-0.4, -0.2) is 71.7 Å². The highest BCUT2D eigenvalue weighted by atomic mass is 16.3. The summed E-state index contributed by atoms with van der Waals surface area (Å²) in [4.78, 5) is 33.4. The third-order valence-electron chi connectivity index (χ3n) is 8.98. The Bertz CT molecular complexity index is 1400. The number of carbonyl (C=O) groups is 2. The average molecular weight is 518 g/mol. The molecular weight excluding hydrogens is 478 g/mol. The number of β-amino-alcohol motifs (C(OH)–C–C–N with tert-alkyl or cyclic N) is 1. The summed E-state index contributed by atoms with van der Waals surface area (Å²) in [5, 5.41) is 15.3. The highest BCUT2D eigenvalue weighted by Gasteiger charge is 2.45. The fraction of sp³-hybridized carbons (Fsp3) is 0.533. The molecular formula is C30H39N5O3. The molecule has 3 aliphatic rings. The van der Waals surface area contributed by atoms with Gasteiger partial charge in [0.15, 0.2) is 0 Å². The monoisotopic (exact) mass is 517 g/mol. The number of rotatable bonds is 5. The number of fused-ring (bicyclic) bond motifs is 3. The molecule has 4 heterocycles. The molecule has 5 N–H and O–H groups in total. The average Bonchev–Trinajstić information content (AvgIpc) is 3.42. The quantitative estimate of drug-likeness (QED) is 0.414. The molecule has 8 nitrogen and oxygen atoms in total. The van der Waals surface area contributed by atoms with Crippen molar-refractivity contribution in [2.75, 3.05) is 44.2 Å². The second-order valence-electron chi connectivity index (χ2n) is 12.4. The number of likely N-dealkylation sites (tertiary alicyclic amines) is 1. The van der Waals surface area contributed by atoms with E-state index in [2.05, 4.69) is 38.3 Å². The Hall–Kier alpha value is -3.10. The number of amides is 2. The number of nitrogens with one attached hydrogen (secondary N) is 2. The first-order valence-electron chi connectivity index (χ1n) is 14.0. The number of aromatic amines is 1. The first-order valence-corrected chi connectivity index (χ1v) is 14.0. The topological polar surface area (TPSA) is 115 Å². The molecule has 3 aromatic rings. The van der Waals surface area contributed by atoms with Gasteiger partial charge in [0.1, 0.15) is 0 Å². The Morgan fingerprint density at radius 3 is 2.63 bits per heavy atom. The molecule has 0 aliphatic carbocycles. The molecule has 0 saturated carbocycles. The van der Waals surface area contributed by atoms with E-state index in [1.807, 2.05) is 26.0 Å². The summed E-state index contributed by atoms with van der Waals surface area (Å²) in [6, 6.07) is 10.5. The number of hydrogen-bond donors (Lipinski definition) is 4. The molecule has 38 heavy (non-hydrogen) atoms. The fourth-order valence-electron chi connectivity index (χ4n) is 7.15. The van der Waals surface area contributed by atoms with Crippen molar-refractivity contribution in [1.29, 1.82) is 0 Å². The van der Waals surface area contributed by atoms with Gasteiger partial charge >= 0.3 is 0 Å². The van der Waals surface area contributed by atoms with Gasteiger partial charge in [-0.05, 0) is 88.7 Å². The second kappa shape index (κ2) is 9.27. The maximum Gasteiger partial charge on any atom is 0.250 e. The minimum absolute atomic E-state index is 0.171. The molecule has 6 rings (SSSR count). The van der Waals surface area contributed by atoms with Crippen molar-refractivity contribution in [2.45, 2.75) is 57.5 Å². The van der Waals surface area contributed by atoms with Crippen LogP contribution < -0.4 is 16.0 Å². The lowest BCUT2D eigenvalue weighted by atomic mass is 9.78. The van der Waals surface area contributed by atoms with Crippen LogP contribution in [0, 0.1) is 5.41 Å². The Balaban J connectivity index is 1.35. The standard InChI is InChI=1S/C30H39N5O3/c1-29(2,38)17-34-14-8-19(9-15-34)20-4-5-21-23(16-20)33-26-22(27(31)36)6-7-24(25(21)26)35-13-3-10-30(18-35)11-12-32-28(30)37/h4-7,16,19,33,38H,3,8-15,17-18H2,1-2H3,(H2,31,36)(H,32,37). The third kappa shape index (κ3) is 4.43. The van der Waals surface area contributed by atoms with Gasteiger partial charge in [0.05, 0.1) is 22.1 Å². The van der Waals surface area contributed by atoms with E-state index in [9.17, 15) is 14.7 Å². The highest BCUT2D eigenvalue weighted by Crippen LogP contribution is 2.43. The molecule has 202 valence electrons. The zero-order chi connectivity index (χ0) is 26.7. The van der Waals surface area contributed by atoms with Crippen molar-refractivity contribution in [3.63, 3.8) is 0 Å². The first kappa shape index (κ1) is 25.2. The molecule has 3 aliphatic heterocycles. The van der Waals surface area contributed by atoms with Crippen molar-refractivity contribution < 1.29 is 14.7 Å². The molecule has 1 atom stereocenters. The molecule has 2 amide bonds. The summed E-state index contributed by atoms with van der Waals surface area (Å²) in [5.74, 6) is 0.184. The van der Waals surface area contributed by atoms with Gasteiger partial charge in [-0.25, -0.2) is 0 Å². The molecule has 0 bridgehead atoms. The Labute approximate surface area is 223 Å². The number of aromatic nitrogens is 1. The maximum atomic E-state index is 12.8. The summed E-state index contributed by atoms with van der Waals surface area (Å²) < 4.78 is 0. The molecule has 3 fully saturated rings. The summed E-state index contributed by atoms with van der Waals surface area (Å²) in [5.41, 5.74) is 9.43. The molecule has 1 unspecified atom stereocenters. The zero-order valence-corrected chi connectivity index (χ0v) is 22.5. The van der Waals surface area contributed by atoms with Gasteiger partial charge in [-0.1, -0.05) is 12.1 Å². The second-order valence-corrected chi connectivity index (χ2v) is 12.4. The van der Waals surface area contributed by atoms with Crippen LogP contribution in [0.25, 0.3) is 21.8 Å². The predicted octanol–water partition coefficient (Wildman–Crippen LogP) is 3.48. The summed E-state index contributed by atoms with van der Waals surface area (Å²) in [7, 11) is 0. The van der Waals surface area contributed by atoms with Crippen molar-refractivity contribution in [3.8, 4) is 0 Å². The smallest absolute Gasteiger partial charge is 0.250 e. The first-order chi connectivity index (χ1) is 18.1. The highest BCUT2D eigenvalue weighted by molar-refractivity contribution is 6.19. The molecule has 3 saturated heterocycles. The summed E-state index contributed by atoms with van der Waals surface area (Å²) in [6.07, 6.45) is 4.86. The van der Waals surface area contributed by atoms with Crippen molar-refractivity contribution in [3.05, 3.63) is 41.5 Å². The number of nitrogens with two attached hydrogens (primary N) is 1. The molecule has 1 spiro atoms. The van der Waals surface area contributed by atoms with Gasteiger partial charge < -0.3 is 30.9 Å². The van der Waals surface area contributed by atoms with Crippen molar-refractivity contribution in [1.82, 2.24) is 15.2 Å². The zero-order valence-electron chi connectivity index (χ0n) is 22.5. The normalized spacial score (nSPS) is 23.6. The van der Waals surface area contributed by atoms with Gasteiger partial charge in [0.25, 0.3) is 5.91 Å². The van der Waals surface area contributed by atoms with E-state index in [4.69, 9.17) is 5.73 Å². The van der Waals surface area contributed by atoms with E-state index in [0.29, 0.717) is 24.6 Å². The summed E-state index contributed by atoms with van der Waals surface area (Å²) >= 11 is 0. The van der Waals surface area contributed by atoms with Crippen LogP contribution in [0.15, 0.2) is 30.3 Å². The van der Waals surface area contributed by atoms with E-state index in [0.717, 1.165) is 85.8 Å². The molecule has 8 heteroatoms. The molecule has 0 radical (unpaired) electrons. The van der Waals surface area contributed by atoms with E-state index < -0.39 is 11.5 Å². The number of carbonyl (C=O) groups excluding carboxylic acids is 2. The minimum atomic E-state index is -0.679. The Morgan fingerprint density at radius 2 is 1.95 bits per heavy atom. The van der Waals surface area contributed by atoms with Gasteiger partial charge in [0.2, 0.25) is 5.91 Å². The van der Waals surface area contributed by atoms with Crippen LogP contribution >= 0.6 is 0 Å². The largest absolute Gasteiger partial charge is 0.389 e. The van der Waals surface area contributed by atoms with E-state index in [-0.39, 0.29) is 11.3 Å². The van der Waals surface area contributed by atoms with Crippen LogP contribution in [0.5, 0.6) is 0 Å². The molecule has 2 aromatic carbocycles. The lowest BCUT2D eigenvalue weighted by Gasteiger charge is -2.40. The number of H-pyrrole nitrogens is 1. The van der Waals surface area contributed by atoms with Crippen LogP contribution in [0.2, 0.25) is 0 Å². The third-order valence-corrected chi connectivity index (χ3v) is 8.98. The van der Waals surface area contributed by atoms with E-state index in [1.165, 1.54) is 5.56 Å². The number of nitrogens with zero attached hydrogens (tertiary/aromatic N) is 2. The Kier molecular flexibility index (Phi) is 6.15. The predicted molar refractivity (Wildman–Crippen MR) is 151 cm³/mol. The van der Waals surface area contributed by atoms with E-state index in [1.54, 1.807) is 0 Å². The fourth-order valence-corrected chi connectivity index (χ4v) is 7.15. The van der Waals surface area contributed by atoms with Crippen LogP contribution in [0.3, 0.4) is 0 Å². The SMILES string of the molecule is CC(C)(O)CN1CCC(c2ccc3c(c2)[nH]c2c(C(N)=O)ccc(N4CCCC5(CCNC5=O)C4)c23)CC1. The van der Waals surface area contributed by atoms with Crippen molar-refractivity contribution in [2.24, 2.45) is 11.1 Å². The van der Waals surface area contributed by atoms with Gasteiger partial charge in [0, 0.05) is 48.2 Å². The lowest BCUT2D eigenvalue weighted by Crippen LogP contribution is -2.47. The lowest BCUT2D eigenvalue weighted by molar-refractivity contribution is -0.128. The van der Waals surface area contributed by atoms with Gasteiger partial charge in [-0.2, -0.15) is 0 Å². The number of aliphatic hydroxyl groups is 1. The van der Waals surface area contributed by atoms with Crippen molar-refractivity contribution >= 4 is 39.3 Å². The van der Waals surface area contributed by atoms with Crippen LogP contribution in [0.4, 0.5) is 5.69 Å². The molecule has 1 aromatic heterocycles.